The zero-order chi connectivity index (χ0) is 10.2. The van der Waals surface area contributed by atoms with Gasteiger partial charge >= 0.3 is 29.6 Å². The minimum atomic E-state index is 0. The van der Waals surface area contributed by atoms with Gasteiger partial charge in [0, 0.05) is 4.90 Å². The Morgan fingerprint density at radius 1 is 0.800 bits per heavy atom. The first kappa shape index (κ1) is 14.8. The Kier molecular flexibility index (Phi) is 8.92. The largest absolute Gasteiger partial charge is 1.00 e. The average molecular weight is 226 g/mol. The second-order valence-electron chi connectivity index (χ2n) is 2.99. The van der Waals surface area contributed by atoms with Crippen LogP contribution in [-0.4, -0.2) is 0 Å². The number of thiol groups is 1. The third-order valence-electron chi connectivity index (χ3n) is 1.70. The third kappa shape index (κ3) is 7.69. The van der Waals surface area contributed by atoms with Gasteiger partial charge in [-0.25, -0.2) is 0 Å². The zero-order valence-electron chi connectivity index (χ0n) is 10.2. The van der Waals surface area contributed by atoms with Crippen molar-refractivity contribution in [2.45, 2.75) is 11.8 Å². The summed E-state index contributed by atoms with van der Waals surface area (Å²) < 4.78 is 0. The first-order chi connectivity index (χ1) is 6.79. The number of rotatable bonds is 0. The van der Waals surface area contributed by atoms with Gasteiger partial charge in [-0.3, -0.25) is 0 Å². The second-order valence-corrected chi connectivity index (χ2v) is 3.51. The molecule has 0 aliphatic carbocycles. The smallest absolute Gasteiger partial charge is 1.00 e. The van der Waals surface area contributed by atoms with Crippen molar-refractivity contribution >= 4 is 12.6 Å². The van der Waals surface area contributed by atoms with Gasteiger partial charge in [-0.05, 0) is 19.1 Å². The van der Waals surface area contributed by atoms with Crippen LogP contribution in [0.5, 0.6) is 0 Å². The van der Waals surface area contributed by atoms with Crippen LogP contribution in [0.15, 0.2) is 65.6 Å². The fourth-order valence-electron chi connectivity index (χ4n) is 0.962. The van der Waals surface area contributed by atoms with E-state index in [0.29, 0.717) is 0 Å². The molecule has 0 aliphatic heterocycles. The first-order valence-electron chi connectivity index (χ1n) is 4.54. The van der Waals surface area contributed by atoms with Crippen molar-refractivity contribution in [1.82, 2.24) is 0 Å². The maximum absolute atomic E-state index is 4.08. The Balaban J connectivity index is 0. The molecule has 0 heterocycles. The fraction of sp³-hybridized carbons (Fsp3) is 0.0769. The van der Waals surface area contributed by atoms with Crippen LogP contribution in [0, 0.1) is 6.92 Å². The number of aryl methyl sites for hydroxylation is 1. The molecule has 15 heavy (non-hydrogen) atoms. The van der Waals surface area contributed by atoms with Gasteiger partial charge < -0.3 is 1.43 Å². The van der Waals surface area contributed by atoms with Gasteiger partial charge in [0.15, 0.2) is 0 Å². The Labute approximate surface area is 121 Å². The quantitative estimate of drug-likeness (QED) is 0.504. The molecule has 0 aliphatic rings. The van der Waals surface area contributed by atoms with Gasteiger partial charge in [-0.15, -0.1) is 12.6 Å². The van der Waals surface area contributed by atoms with Gasteiger partial charge in [0.25, 0.3) is 0 Å². The van der Waals surface area contributed by atoms with Gasteiger partial charge in [0.2, 0.25) is 0 Å². The molecule has 0 saturated carbocycles. The van der Waals surface area contributed by atoms with E-state index in [0.717, 1.165) is 4.90 Å². The van der Waals surface area contributed by atoms with Crippen LogP contribution in [0.1, 0.15) is 6.99 Å². The van der Waals surface area contributed by atoms with Gasteiger partial charge in [-0.2, -0.15) is 0 Å². The molecule has 2 aromatic rings. The zero-order valence-corrected chi connectivity index (χ0v) is 12.1. The van der Waals surface area contributed by atoms with Crippen molar-refractivity contribution in [1.29, 1.82) is 0 Å². The van der Waals surface area contributed by atoms with Crippen LogP contribution in [0.2, 0.25) is 0 Å². The number of hydrogen-bond acceptors (Lipinski definition) is 1. The standard InChI is InChI=1S/C7H8.C6H6S.Na.H/c1-7-5-3-2-4-6-7;7-6-4-2-1-3-5-6;;/h2-6H,1H3;1-5,7H;;/q;;+1;-1. The molecule has 0 spiro atoms. The summed E-state index contributed by atoms with van der Waals surface area (Å²) in [6.07, 6.45) is 0. The topological polar surface area (TPSA) is 0 Å². The summed E-state index contributed by atoms with van der Waals surface area (Å²) in [5, 5.41) is 0. The molecule has 0 bridgehead atoms. The molecular weight excluding hydrogens is 211 g/mol. The molecule has 0 aromatic heterocycles. The van der Waals surface area contributed by atoms with Crippen molar-refractivity contribution in [3.8, 4) is 0 Å². The van der Waals surface area contributed by atoms with E-state index in [9.17, 15) is 0 Å². The van der Waals surface area contributed by atoms with Crippen LogP contribution in [-0.2, 0) is 0 Å². The number of benzene rings is 2. The molecule has 0 nitrogen and oxygen atoms in total. The summed E-state index contributed by atoms with van der Waals surface area (Å²) in [5.41, 5.74) is 1.32. The van der Waals surface area contributed by atoms with Crippen LogP contribution < -0.4 is 29.6 Å². The molecule has 0 saturated heterocycles. The molecule has 0 radical (unpaired) electrons. The first-order valence-corrected chi connectivity index (χ1v) is 4.99. The van der Waals surface area contributed by atoms with Crippen molar-refractivity contribution in [3.05, 3.63) is 66.2 Å². The number of hydrogen-bond donors (Lipinski definition) is 1. The predicted molar refractivity (Wildman–Crippen MR) is 66.0 cm³/mol. The van der Waals surface area contributed by atoms with E-state index < -0.39 is 0 Å². The summed E-state index contributed by atoms with van der Waals surface area (Å²) in [7, 11) is 0. The van der Waals surface area contributed by atoms with E-state index in [1.165, 1.54) is 5.56 Å². The monoisotopic (exact) mass is 226 g/mol. The van der Waals surface area contributed by atoms with Crippen molar-refractivity contribution < 1.29 is 31.0 Å². The Bertz CT molecular complexity index is 313. The normalized spacial score (nSPS) is 8.13. The summed E-state index contributed by atoms with van der Waals surface area (Å²) in [6, 6.07) is 20.0. The van der Waals surface area contributed by atoms with E-state index in [2.05, 4.69) is 31.7 Å². The second kappa shape index (κ2) is 9.05. The minimum absolute atomic E-state index is 0. The summed E-state index contributed by atoms with van der Waals surface area (Å²) in [4.78, 5) is 1.02. The molecule has 0 fully saturated rings. The Hall–Kier alpha value is -0.210. The van der Waals surface area contributed by atoms with E-state index in [4.69, 9.17) is 0 Å². The average Bonchev–Trinajstić information content (AvgIpc) is 2.21. The summed E-state index contributed by atoms with van der Waals surface area (Å²) in [5.74, 6) is 0. The van der Waals surface area contributed by atoms with Crippen LogP contribution in [0.3, 0.4) is 0 Å². The van der Waals surface area contributed by atoms with Gasteiger partial charge in [0.05, 0.1) is 0 Å². The summed E-state index contributed by atoms with van der Waals surface area (Å²) in [6.45, 7) is 2.08. The van der Waals surface area contributed by atoms with Crippen molar-refractivity contribution in [2.75, 3.05) is 0 Å². The molecule has 0 amide bonds. The molecule has 74 valence electrons. The van der Waals surface area contributed by atoms with Gasteiger partial charge in [0.1, 0.15) is 0 Å². The third-order valence-corrected chi connectivity index (χ3v) is 1.99. The van der Waals surface area contributed by atoms with E-state index in [-0.39, 0.29) is 31.0 Å². The molecule has 2 aromatic carbocycles. The van der Waals surface area contributed by atoms with E-state index >= 15 is 0 Å². The van der Waals surface area contributed by atoms with Crippen LogP contribution >= 0.6 is 12.6 Å². The maximum Gasteiger partial charge on any atom is 1.00 e. The molecular formula is C13H15NaS. The van der Waals surface area contributed by atoms with Crippen molar-refractivity contribution in [2.24, 2.45) is 0 Å². The maximum atomic E-state index is 4.08. The van der Waals surface area contributed by atoms with Gasteiger partial charge in [-0.1, -0.05) is 54.1 Å². The Morgan fingerprint density at radius 3 is 1.40 bits per heavy atom. The van der Waals surface area contributed by atoms with Crippen LogP contribution in [0.25, 0.3) is 0 Å². The Morgan fingerprint density at radius 2 is 1.20 bits per heavy atom. The molecule has 2 heteroatoms. The molecule has 0 N–H and O–H groups in total. The molecule has 2 rings (SSSR count). The van der Waals surface area contributed by atoms with Crippen molar-refractivity contribution in [3.63, 3.8) is 0 Å². The van der Waals surface area contributed by atoms with E-state index in [1.807, 2.05) is 48.5 Å². The fourth-order valence-corrected chi connectivity index (χ4v) is 1.13. The predicted octanol–water partition coefficient (Wildman–Crippen LogP) is 1.09. The van der Waals surface area contributed by atoms with Crippen LogP contribution in [0.4, 0.5) is 0 Å². The minimum Gasteiger partial charge on any atom is -1.00 e. The van der Waals surface area contributed by atoms with E-state index in [1.54, 1.807) is 0 Å². The molecule has 0 atom stereocenters. The SMILES string of the molecule is Cc1ccccc1.Sc1ccccc1.[H-].[Na+]. The summed E-state index contributed by atoms with van der Waals surface area (Å²) >= 11 is 4.08. The molecule has 0 unspecified atom stereocenters.